The summed E-state index contributed by atoms with van der Waals surface area (Å²) in [6.45, 7) is 7.52. The Hall–Kier alpha value is -1.92. The molecule has 3 rings (SSSR count). The van der Waals surface area contributed by atoms with Crippen LogP contribution in [0.15, 0.2) is 30.7 Å². The second-order valence-electron chi connectivity index (χ2n) is 5.83. The Morgan fingerprint density at radius 1 is 1.23 bits per heavy atom. The number of anilines is 1. The van der Waals surface area contributed by atoms with Crippen molar-refractivity contribution in [1.29, 1.82) is 0 Å². The van der Waals surface area contributed by atoms with Crippen LogP contribution >= 0.6 is 0 Å². The van der Waals surface area contributed by atoms with Gasteiger partial charge in [-0.3, -0.25) is 0 Å². The molecule has 2 aromatic rings. The van der Waals surface area contributed by atoms with Gasteiger partial charge in [-0.05, 0) is 25.5 Å². The number of nitrogens with one attached hydrogen (secondary N) is 2. The average Bonchev–Trinajstić information content (AvgIpc) is 3.00. The lowest BCUT2D eigenvalue weighted by atomic mass is 10.2. The van der Waals surface area contributed by atoms with Crippen molar-refractivity contribution in [3.05, 3.63) is 42.1 Å². The SMILES string of the molecule is C[C@H]1CN(c2ccc(CNCc3ncc[nH]3)cn2)C[C@H](C)O1. The highest BCUT2D eigenvalue weighted by Crippen LogP contribution is 2.18. The monoisotopic (exact) mass is 301 g/mol. The van der Waals surface area contributed by atoms with E-state index in [0.717, 1.165) is 37.8 Å². The van der Waals surface area contributed by atoms with Crippen molar-refractivity contribution < 1.29 is 4.74 Å². The Morgan fingerprint density at radius 3 is 2.68 bits per heavy atom. The van der Waals surface area contributed by atoms with Crippen LogP contribution in [0.3, 0.4) is 0 Å². The summed E-state index contributed by atoms with van der Waals surface area (Å²) < 4.78 is 5.76. The molecule has 0 unspecified atom stereocenters. The van der Waals surface area contributed by atoms with E-state index in [-0.39, 0.29) is 12.2 Å². The van der Waals surface area contributed by atoms with E-state index in [4.69, 9.17) is 4.74 Å². The fourth-order valence-corrected chi connectivity index (χ4v) is 2.79. The first-order chi connectivity index (χ1) is 10.7. The summed E-state index contributed by atoms with van der Waals surface area (Å²) in [4.78, 5) is 14.1. The van der Waals surface area contributed by atoms with E-state index >= 15 is 0 Å². The van der Waals surface area contributed by atoms with E-state index in [9.17, 15) is 0 Å². The average molecular weight is 301 g/mol. The zero-order valence-electron chi connectivity index (χ0n) is 13.1. The maximum absolute atomic E-state index is 5.76. The van der Waals surface area contributed by atoms with Crippen LogP contribution in [0.25, 0.3) is 0 Å². The van der Waals surface area contributed by atoms with Crippen LogP contribution in [0, 0.1) is 0 Å². The maximum Gasteiger partial charge on any atom is 0.128 e. The first kappa shape index (κ1) is 15.0. The third-order valence-electron chi connectivity index (χ3n) is 3.73. The van der Waals surface area contributed by atoms with E-state index in [1.165, 1.54) is 5.56 Å². The van der Waals surface area contributed by atoms with Gasteiger partial charge in [-0.2, -0.15) is 0 Å². The lowest BCUT2D eigenvalue weighted by Crippen LogP contribution is -2.45. The van der Waals surface area contributed by atoms with Gasteiger partial charge < -0.3 is 19.9 Å². The van der Waals surface area contributed by atoms with Crippen molar-refractivity contribution >= 4 is 5.82 Å². The summed E-state index contributed by atoms with van der Waals surface area (Å²) in [5, 5.41) is 3.35. The highest BCUT2D eigenvalue weighted by molar-refractivity contribution is 5.40. The number of ether oxygens (including phenoxy) is 1. The summed E-state index contributed by atoms with van der Waals surface area (Å²) in [7, 11) is 0. The Bertz CT molecular complexity index is 559. The minimum atomic E-state index is 0.250. The molecule has 2 aromatic heterocycles. The van der Waals surface area contributed by atoms with Crippen molar-refractivity contribution in [2.45, 2.75) is 39.1 Å². The van der Waals surface area contributed by atoms with Gasteiger partial charge in [0, 0.05) is 38.2 Å². The largest absolute Gasteiger partial charge is 0.372 e. The standard InChI is InChI=1S/C16H23N5O/c1-12-10-21(11-13(2)22-12)16-4-3-14(8-20-16)7-17-9-15-18-5-6-19-15/h3-6,8,12-13,17H,7,9-11H2,1-2H3,(H,18,19)/t12-,13-/m0/s1. The molecule has 6 nitrogen and oxygen atoms in total. The normalized spacial score (nSPS) is 22.0. The van der Waals surface area contributed by atoms with Gasteiger partial charge in [0.15, 0.2) is 0 Å². The molecule has 2 N–H and O–H groups in total. The number of pyridine rings is 1. The smallest absolute Gasteiger partial charge is 0.128 e. The molecule has 3 heterocycles. The van der Waals surface area contributed by atoms with Crippen LogP contribution in [0.4, 0.5) is 5.82 Å². The van der Waals surface area contributed by atoms with Crippen molar-refractivity contribution in [3.63, 3.8) is 0 Å². The van der Waals surface area contributed by atoms with Gasteiger partial charge in [-0.25, -0.2) is 9.97 Å². The predicted molar refractivity (Wildman–Crippen MR) is 85.6 cm³/mol. The second-order valence-corrected chi connectivity index (χ2v) is 5.83. The minimum absolute atomic E-state index is 0.250. The molecule has 0 amide bonds. The molecular weight excluding hydrogens is 278 g/mol. The van der Waals surface area contributed by atoms with Gasteiger partial charge in [0.1, 0.15) is 11.6 Å². The molecule has 0 radical (unpaired) electrons. The number of aromatic amines is 1. The third-order valence-corrected chi connectivity index (χ3v) is 3.73. The quantitative estimate of drug-likeness (QED) is 0.880. The lowest BCUT2D eigenvalue weighted by Gasteiger charge is -2.36. The van der Waals surface area contributed by atoms with E-state index in [1.54, 1.807) is 6.20 Å². The van der Waals surface area contributed by atoms with Gasteiger partial charge >= 0.3 is 0 Å². The molecule has 6 heteroatoms. The fraction of sp³-hybridized carbons (Fsp3) is 0.500. The number of nitrogens with zero attached hydrogens (tertiary/aromatic N) is 3. The number of hydrogen-bond acceptors (Lipinski definition) is 5. The molecule has 1 aliphatic heterocycles. The zero-order valence-corrected chi connectivity index (χ0v) is 13.1. The van der Waals surface area contributed by atoms with E-state index in [2.05, 4.69) is 51.1 Å². The summed E-state index contributed by atoms with van der Waals surface area (Å²) in [5.41, 5.74) is 1.17. The molecule has 1 aliphatic rings. The van der Waals surface area contributed by atoms with E-state index in [0.29, 0.717) is 0 Å². The number of hydrogen-bond donors (Lipinski definition) is 2. The lowest BCUT2D eigenvalue weighted by molar-refractivity contribution is -0.00545. The molecule has 0 bridgehead atoms. The van der Waals surface area contributed by atoms with Crippen LogP contribution < -0.4 is 10.2 Å². The molecule has 0 spiro atoms. The zero-order chi connectivity index (χ0) is 15.4. The molecule has 118 valence electrons. The molecule has 0 aliphatic carbocycles. The van der Waals surface area contributed by atoms with Gasteiger partial charge in [0.2, 0.25) is 0 Å². The first-order valence-electron chi connectivity index (χ1n) is 7.75. The highest BCUT2D eigenvalue weighted by Gasteiger charge is 2.22. The molecule has 0 saturated carbocycles. The van der Waals surface area contributed by atoms with E-state index in [1.807, 2.05) is 12.4 Å². The minimum Gasteiger partial charge on any atom is -0.372 e. The van der Waals surface area contributed by atoms with Crippen LogP contribution in [-0.4, -0.2) is 40.2 Å². The van der Waals surface area contributed by atoms with Gasteiger partial charge in [-0.1, -0.05) is 6.07 Å². The van der Waals surface area contributed by atoms with Gasteiger partial charge in [0.25, 0.3) is 0 Å². The summed E-state index contributed by atoms with van der Waals surface area (Å²) in [6.07, 6.45) is 6.03. The summed E-state index contributed by atoms with van der Waals surface area (Å²) in [6, 6.07) is 4.22. The Balaban J connectivity index is 1.53. The first-order valence-corrected chi connectivity index (χ1v) is 7.75. The Kier molecular flexibility index (Phi) is 4.70. The predicted octanol–water partition coefficient (Wildman–Crippen LogP) is 1.71. The third kappa shape index (κ3) is 3.84. The van der Waals surface area contributed by atoms with Crippen LogP contribution in [0.1, 0.15) is 25.2 Å². The molecule has 1 saturated heterocycles. The maximum atomic E-state index is 5.76. The number of morpholine rings is 1. The Morgan fingerprint density at radius 2 is 2.05 bits per heavy atom. The summed E-state index contributed by atoms with van der Waals surface area (Å²) >= 11 is 0. The highest BCUT2D eigenvalue weighted by atomic mass is 16.5. The molecule has 2 atom stereocenters. The van der Waals surface area contributed by atoms with Gasteiger partial charge in [-0.15, -0.1) is 0 Å². The van der Waals surface area contributed by atoms with Gasteiger partial charge in [0.05, 0.1) is 18.8 Å². The molecule has 1 fully saturated rings. The van der Waals surface area contributed by atoms with Crippen molar-refractivity contribution in [1.82, 2.24) is 20.3 Å². The van der Waals surface area contributed by atoms with E-state index < -0.39 is 0 Å². The van der Waals surface area contributed by atoms with Crippen LogP contribution in [0.2, 0.25) is 0 Å². The van der Waals surface area contributed by atoms with Crippen molar-refractivity contribution in [2.75, 3.05) is 18.0 Å². The molecule has 22 heavy (non-hydrogen) atoms. The Labute approximate surface area is 130 Å². The summed E-state index contributed by atoms with van der Waals surface area (Å²) in [5.74, 6) is 1.97. The molecular formula is C16H23N5O. The van der Waals surface area contributed by atoms with Crippen molar-refractivity contribution in [2.24, 2.45) is 0 Å². The topological polar surface area (TPSA) is 66.1 Å². The number of rotatable bonds is 5. The van der Waals surface area contributed by atoms with Crippen molar-refractivity contribution in [3.8, 4) is 0 Å². The number of H-pyrrole nitrogens is 1. The second kappa shape index (κ2) is 6.89. The van der Waals surface area contributed by atoms with Crippen LogP contribution in [0.5, 0.6) is 0 Å². The fourth-order valence-electron chi connectivity index (χ4n) is 2.79. The number of aromatic nitrogens is 3. The molecule has 0 aromatic carbocycles. The number of imidazole rings is 1. The van der Waals surface area contributed by atoms with Crippen LogP contribution in [-0.2, 0) is 17.8 Å².